The van der Waals surface area contributed by atoms with Crippen LogP contribution in [-0.4, -0.2) is 27.7 Å². The maximum atomic E-state index is 11.5. The second kappa shape index (κ2) is 5.90. The standard InChI is InChI=1S/C13H19NO4S/c1-10-4-5-12(13(9-10)19(14,15)16)18-8-6-11-3-2-7-17-11/h4-5,9,11H,2-3,6-8H2,1H3,(H2,14,15,16). The first-order valence-electron chi connectivity index (χ1n) is 6.34. The third kappa shape index (κ3) is 3.92. The molecule has 19 heavy (non-hydrogen) atoms. The van der Waals surface area contributed by atoms with Crippen molar-refractivity contribution in [3.05, 3.63) is 23.8 Å². The quantitative estimate of drug-likeness (QED) is 0.891. The largest absolute Gasteiger partial charge is 0.492 e. The van der Waals surface area contributed by atoms with E-state index in [9.17, 15) is 8.42 Å². The van der Waals surface area contributed by atoms with Crippen molar-refractivity contribution >= 4 is 10.0 Å². The van der Waals surface area contributed by atoms with Crippen LogP contribution in [0.4, 0.5) is 0 Å². The highest BCUT2D eigenvalue weighted by molar-refractivity contribution is 7.89. The molecule has 106 valence electrons. The van der Waals surface area contributed by atoms with E-state index in [1.807, 2.05) is 6.92 Å². The van der Waals surface area contributed by atoms with E-state index in [-0.39, 0.29) is 11.0 Å². The van der Waals surface area contributed by atoms with Crippen LogP contribution in [0.5, 0.6) is 5.75 Å². The molecule has 1 heterocycles. The molecule has 0 aliphatic carbocycles. The van der Waals surface area contributed by atoms with Crippen molar-refractivity contribution in [3.63, 3.8) is 0 Å². The zero-order valence-electron chi connectivity index (χ0n) is 11.0. The summed E-state index contributed by atoms with van der Waals surface area (Å²) in [5.74, 6) is 0.311. The maximum Gasteiger partial charge on any atom is 0.241 e. The zero-order valence-corrected chi connectivity index (χ0v) is 11.8. The van der Waals surface area contributed by atoms with Gasteiger partial charge in [0, 0.05) is 13.0 Å². The van der Waals surface area contributed by atoms with Crippen LogP contribution in [0.25, 0.3) is 0 Å². The molecule has 1 fully saturated rings. The SMILES string of the molecule is Cc1ccc(OCCC2CCCO2)c(S(N)(=O)=O)c1. The van der Waals surface area contributed by atoms with Gasteiger partial charge < -0.3 is 9.47 Å². The third-order valence-corrected chi connectivity index (χ3v) is 4.06. The molecule has 0 spiro atoms. The Morgan fingerprint density at radius 2 is 2.26 bits per heavy atom. The number of aryl methyl sites for hydroxylation is 1. The fraction of sp³-hybridized carbons (Fsp3) is 0.538. The molecule has 6 heteroatoms. The van der Waals surface area contributed by atoms with Crippen LogP contribution in [0.3, 0.4) is 0 Å². The lowest BCUT2D eigenvalue weighted by Gasteiger charge is -2.13. The van der Waals surface area contributed by atoms with Gasteiger partial charge in [0.25, 0.3) is 0 Å². The van der Waals surface area contributed by atoms with E-state index in [0.29, 0.717) is 12.4 Å². The van der Waals surface area contributed by atoms with Crippen molar-refractivity contribution in [2.75, 3.05) is 13.2 Å². The first-order valence-corrected chi connectivity index (χ1v) is 7.89. The van der Waals surface area contributed by atoms with E-state index in [1.54, 1.807) is 12.1 Å². The Labute approximate surface area is 113 Å². The molecule has 0 amide bonds. The lowest BCUT2D eigenvalue weighted by atomic mass is 10.2. The second-order valence-electron chi connectivity index (χ2n) is 4.77. The van der Waals surface area contributed by atoms with Gasteiger partial charge in [0.2, 0.25) is 10.0 Å². The van der Waals surface area contributed by atoms with E-state index < -0.39 is 10.0 Å². The van der Waals surface area contributed by atoms with Crippen LogP contribution < -0.4 is 9.88 Å². The summed E-state index contributed by atoms with van der Waals surface area (Å²) in [5, 5.41) is 5.19. The maximum absolute atomic E-state index is 11.5. The Morgan fingerprint density at radius 1 is 1.47 bits per heavy atom. The first kappa shape index (κ1) is 14.3. The van der Waals surface area contributed by atoms with Gasteiger partial charge in [-0.3, -0.25) is 0 Å². The van der Waals surface area contributed by atoms with E-state index in [1.165, 1.54) is 6.07 Å². The minimum Gasteiger partial charge on any atom is -0.492 e. The van der Waals surface area contributed by atoms with Crippen LogP contribution in [0, 0.1) is 6.92 Å². The summed E-state index contributed by atoms with van der Waals surface area (Å²) >= 11 is 0. The molecule has 1 aliphatic rings. The number of benzene rings is 1. The normalized spacial score (nSPS) is 19.6. The van der Waals surface area contributed by atoms with Gasteiger partial charge in [-0.25, -0.2) is 13.6 Å². The Hall–Kier alpha value is -1.11. The predicted octanol–water partition coefficient (Wildman–Crippen LogP) is 1.59. The fourth-order valence-electron chi connectivity index (χ4n) is 2.13. The summed E-state index contributed by atoms with van der Waals surface area (Å²) in [6.45, 7) is 3.04. The van der Waals surface area contributed by atoms with Crippen molar-refractivity contribution < 1.29 is 17.9 Å². The van der Waals surface area contributed by atoms with Crippen molar-refractivity contribution in [2.24, 2.45) is 5.14 Å². The highest BCUT2D eigenvalue weighted by Crippen LogP contribution is 2.24. The minimum absolute atomic E-state index is 0.0415. The lowest BCUT2D eigenvalue weighted by molar-refractivity contribution is 0.0899. The zero-order chi connectivity index (χ0) is 13.9. The Morgan fingerprint density at radius 3 is 2.89 bits per heavy atom. The van der Waals surface area contributed by atoms with Crippen LogP contribution in [0.15, 0.2) is 23.1 Å². The number of nitrogens with two attached hydrogens (primary N) is 1. The molecule has 2 rings (SSSR count). The number of rotatable bonds is 5. The van der Waals surface area contributed by atoms with Crippen LogP contribution in [0.2, 0.25) is 0 Å². The highest BCUT2D eigenvalue weighted by atomic mass is 32.2. The molecule has 1 aromatic rings. The molecule has 1 aromatic carbocycles. The van der Waals surface area contributed by atoms with Crippen molar-refractivity contribution in [3.8, 4) is 5.75 Å². The van der Waals surface area contributed by atoms with E-state index >= 15 is 0 Å². The molecule has 1 aliphatic heterocycles. The van der Waals surface area contributed by atoms with Gasteiger partial charge in [0.15, 0.2) is 0 Å². The Bertz CT molecular complexity index is 536. The summed E-state index contributed by atoms with van der Waals surface area (Å²) in [5.41, 5.74) is 0.829. The summed E-state index contributed by atoms with van der Waals surface area (Å²) in [6.07, 6.45) is 3.11. The van der Waals surface area contributed by atoms with E-state index in [2.05, 4.69) is 0 Å². The smallest absolute Gasteiger partial charge is 0.241 e. The summed E-state index contributed by atoms with van der Waals surface area (Å²) in [4.78, 5) is 0.0415. The Balaban J connectivity index is 2.03. The molecule has 0 radical (unpaired) electrons. The summed E-state index contributed by atoms with van der Waals surface area (Å²) < 4.78 is 34.0. The minimum atomic E-state index is -3.76. The van der Waals surface area contributed by atoms with Gasteiger partial charge in [-0.15, -0.1) is 0 Å². The fourth-order valence-corrected chi connectivity index (χ4v) is 2.89. The predicted molar refractivity (Wildman–Crippen MR) is 71.6 cm³/mol. The monoisotopic (exact) mass is 285 g/mol. The van der Waals surface area contributed by atoms with E-state index in [0.717, 1.165) is 31.4 Å². The highest BCUT2D eigenvalue weighted by Gasteiger charge is 2.18. The van der Waals surface area contributed by atoms with Gasteiger partial charge >= 0.3 is 0 Å². The lowest BCUT2D eigenvalue weighted by Crippen LogP contribution is -2.16. The molecular formula is C13H19NO4S. The topological polar surface area (TPSA) is 78.6 Å². The average Bonchev–Trinajstić information content (AvgIpc) is 2.83. The molecule has 0 saturated carbocycles. The first-order chi connectivity index (χ1) is 8.97. The van der Waals surface area contributed by atoms with Gasteiger partial charge in [0.1, 0.15) is 10.6 Å². The third-order valence-electron chi connectivity index (χ3n) is 3.13. The van der Waals surface area contributed by atoms with Gasteiger partial charge in [-0.1, -0.05) is 6.07 Å². The Kier molecular flexibility index (Phi) is 4.44. The van der Waals surface area contributed by atoms with E-state index in [4.69, 9.17) is 14.6 Å². The molecule has 0 aromatic heterocycles. The van der Waals surface area contributed by atoms with Gasteiger partial charge in [-0.05, 0) is 37.5 Å². The number of ether oxygens (including phenoxy) is 2. The molecule has 1 saturated heterocycles. The number of sulfonamides is 1. The number of primary sulfonamides is 1. The molecular weight excluding hydrogens is 266 g/mol. The molecule has 1 atom stereocenters. The number of hydrogen-bond acceptors (Lipinski definition) is 4. The average molecular weight is 285 g/mol. The second-order valence-corrected chi connectivity index (χ2v) is 6.30. The molecule has 2 N–H and O–H groups in total. The van der Waals surface area contributed by atoms with Crippen LogP contribution in [-0.2, 0) is 14.8 Å². The van der Waals surface area contributed by atoms with Gasteiger partial charge in [0.05, 0.1) is 12.7 Å². The summed E-state index contributed by atoms with van der Waals surface area (Å²) in [6, 6.07) is 4.97. The summed E-state index contributed by atoms with van der Waals surface area (Å²) in [7, 11) is -3.76. The van der Waals surface area contributed by atoms with Gasteiger partial charge in [-0.2, -0.15) is 0 Å². The molecule has 1 unspecified atom stereocenters. The van der Waals surface area contributed by atoms with Crippen molar-refractivity contribution in [1.29, 1.82) is 0 Å². The molecule has 0 bridgehead atoms. The van der Waals surface area contributed by atoms with Crippen LogP contribution >= 0.6 is 0 Å². The van der Waals surface area contributed by atoms with Crippen LogP contribution in [0.1, 0.15) is 24.8 Å². The molecule has 5 nitrogen and oxygen atoms in total. The van der Waals surface area contributed by atoms with Crippen molar-refractivity contribution in [2.45, 2.75) is 37.2 Å². The number of hydrogen-bond donors (Lipinski definition) is 1. The van der Waals surface area contributed by atoms with Crippen molar-refractivity contribution in [1.82, 2.24) is 0 Å².